The zero-order chi connectivity index (χ0) is 14.8. The predicted octanol–water partition coefficient (Wildman–Crippen LogP) is 2.28. The van der Waals surface area contributed by atoms with E-state index in [0.29, 0.717) is 23.7 Å². The van der Waals surface area contributed by atoms with Crippen molar-refractivity contribution in [1.82, 2.24) is 19.8 Å². The van der Waals surface area contributed by atoms with Gasteiger partial charge in [-0.15, -0.1) is 12.4 Å². The van der Waals surface area contributed by atoms with Gasteiger partial charge in [-0.3, -0.25) is 4.79 Å². The number of amides is 1. The van der Waals surface area contributed by atoms with Crippen molar-refractivity contribution < 1.29 is 4.79 Å². The van der Waals surface area contributed by atoms with Crippen molar-refractivity contribution in [3.8, 4) is 0 Å². The Hall–Kier alpha value is -1.56. The molecule has 1 N–H and O–H groups in total. The average molecular weight is 341 g/mol. The van der Waals surface area contributed by atoms with E-state index in [1.165, 1.54) is 0 Å². The maximum Gasteiger partial charge on any atom is 0.256 e. The van der Waals surface area contributed by atoms with Crippen molar-refractivity contribution in [1.29, 1.82) is 0 Å². The number of carbonyl (C=O) groups excluding carboxylic acids is 1. The summed E-state index contributed by atoms with van der Waals surface area (Å²) in [5.41, 5.74) is 0.542. The van der Waals surface area contributed by atoms with Crippen molar-refractivity contribution in [3.05, 3.63) is 53.1 Å². The summed E-state index contributed by atoms with van der Waals surface area (Å²) >= 11 is 6.16. The lowest BCUT2D eigenvalue weighted by Gasteiger charge is -2.36. The molecule has 118 valence electrons. The van der Waals surface area contributed by atoms with Gasteiger partial charge in [-0.25, -0.2) is 4.98 Å². The molecule has 0 saturated carbocycles. The average Bonchev–Trinajstić information content (AvgIpc) is 2.93. The number of hydrogen-bond donors (Lipinski definition) is 1. The van der Waals surface area contributed by atoms with Crippen molar-refractivity contribution in [2.75, 3.05) is 19.6 Å². The van der Waals surface area contributed by atoms with Crippen LogP contribution in [0.15, 0.2) is 36.7 Å². The number of nitrogens with zero attached hydrogens (tertiary/aromatic N) is 3. The Labute approximate surface area is 140 Å². The molecule has 1 fully saturated rings. The lowest BCUT2D eigenvalue weighted by molar-refractivity contribution is 0.0621. The van der Waals surface area contributed by atoms with Gasteiger partial charge in [0.1, 0.15) is 11.9 Å². The van der Waals surface area contributed by atoms with E-state index in [-0.39, 0.29) is 24.4 Å². The van der Waals surface area contributed by atoms with Crippen molar-refractivity contribution in [3.63, 3.8) is 0 Å². The normalized spacial score (nSPS) is 17.9. The van der Waals surface area contributed by atoms with Crippen LogP contribution < -0.4 is 5.32 Å². The molecule has 1 aromatic carbocycles. The summed E-state index contributed by atoms with van der Waals surface area (Å²) in [6.07, 6.45) is 3.64. The smallest absolute Gasteiger partial charge is 0.256 e. The first-order valence-corrected chi connectivity index (χ1v) is 7.29. The molecule has 1 unspecified atom stereocenters. The second-order valence-electron chi connectivity index (χ2n) is 5.09. The molecule has 0 radical (unpaired) electrons. The molecule has 7 heteroatoms. The maximum atomic E-state index is 12.8. The molecule has 1 aliphatic rings. The van der Waals surface area contributed by atoms with Crippen LogP contribution in [0.2, 0.25) is 5.02 Å². The number of aromatic nitrogens is 2. The molecule has 0 spiro atoms. The number of benzene rings is 1. The molecule has 3 rings (SSSR count). The predicted molar refractivity (Wildman–Crippen MR) is 88.6 cm³/mol. The molecule has 1 aliphatic heterocycles. The van der Waals surface area contributed by atoms with Gasteiger partial charge in [-0.05, 0) is 12.1 Å². The van der Waals surface area contributed by atoms with Crippen molar-refractivity contribution in [2.24, 2.45) is 7.05 Å². The van der Waals surface area contributed by atoms with Gasteiger partial charge < -0.3 is 14.8 Å². The Kier molecular flexibility index (Phi) is 5.45. The second-order valence-corrected chi connectivity index (χ2v) is 5.50. The molecule has 5 nitrogen and oxygen atoms in total. The third-order valence-corrected chi connectivity index (χ3v) is 4.09. The van der Waals surface area contributed by atoms with Crippen LogP contribution in [0, 0.1) is 0 Å². The van der Waals surface area contributed by atoms with E-state index in [1.54, 1.807) is 18.3 Å². The lowest BCUT2D eigenvalue weighted by atomic mass is 10.1. The van der Waals surface area contributed by atoms with E-state index in [2.05, 4.69) is 10.3 Å². The van der Waals surface area contributed by atoms with Gasteiger partial charge in [0.25, 0.3) is 5.91 Å². The lowest BCUT2D eigenvalue weighted by Crippen LogP contribution is -2.49. The third-order valence-electron chi connectivity index (χ3n) is 3.77. The highest BCUT2D eigenvalue weighted by atomic mass is 35.5. The molecule has 1 aromatic heterocycles. The summed E-state index contributed by atoms with van der Waals surface area (Å²) in [4.78, 5) is 19.0. The number of aryl methyl sites for hydroxylation is 1. The molecule has 22 heavy (non-hydrogen) atoms. The van der Waals surface area contributed by atoms with E-state index in [0.717, 1.165) is 12.4 Å². The van der Waals surface area contributed by atoms with Gasteiger partial charge in [-0.2, -0.15) is 0 Å². The van der Waals surface area contributed by atoms with Crippen LogP contribution in [-0.4, -0.2) is 40.0 Å². The van der Waals surface area contributed by atoms with E-state index in [4.69, 9.17) is 11.6 Å². The summed E-state index contributed by atoms with van der Waals surface area (Å²) in [5, 5.41) is 3.81. The molecule has 1 atom stereocenters. The zero-order valence-corrected chi connectivity index (χ0v) is 13.8. The monoisotopic (exact) mass is 340 g/mol. The highest BCUT2D eigenvalue weighted by Gasteiger charge is 2.31. The fraction of sp³-hybridized carbons (Fsp3) is 0.333. The fourth-order valence-electron chi connectivity index (χ4n) is 2.67. The maximum absolute atomic E-state index is 12.8. The first-order valence-electron chi connectivity index (χ1n) is 6.92. The molecule has 0 bridgehead atoms. The summed E-state index contributed by atoms with van der Waals surface area (Å²) in [5.74, 6) is 0.831. The molecular formula is C15H18Cl2N4O. The third kappa shape index (κ3) is 3.11. The van der Waals surface area contributed by atoms with Gasteiger partial charge >= 0.3 is 0 Å². The number of hydrogen-bond acceptors (Lipinski definition) is 3. The minimum Gasteiger partial charge on any atom is -0.336 e. The quantitative estimate of drug-likeness (QED) is 0.912. The molecule has 2 aromatic rings. The summed E-state index contributed by atoms with van der Waals surface area (Å²) in [6, 6.07) is 7.08. The van der Waals surface area contributed by atoms with Crippen molar-refractivity contribution in [2.45, 2.75) is 6.04 Å². The van der Waals surface area contributed by atoms with E-state index < -0.39 is 0 Å². The van der Waals surface area contributed by atoms with Crippen LogP contribution in [0.1, 0.15) is 22.2 Å². The van der Waals surface area contributed by atoms with E-state index >= 15 is 0 Å². The van der Waals surface area contributed by atoms with Gasteiger partial charge in [0.15, 0.2) is 0 Å². The Morgan fingerprint density at radius 3 is 2.86 bits per heavy atom. The van der Waals surface area contributed by atoms with Crippen LogP contribution in [0.5, 0.6) is 0 Å². The summed E-state index contributed by atoms with van der Waals surface area (Å²) in [7, 11) is 1.94. The van der Waals surface area contributed by atoms with Crippen LogP contribution in [0.3, 0.4) is 0 Å². The van der Waals surface area contributed by atoms with Gasteiger partial charge in [-0.1, -0.05) is 23.7 Å². The van der Waals surface area contributed by atoms with Crippen LogP contribution in [-0.2, 0) is 7.05 Å². The Morgan fingerprint density at radius 1 is 1.41 bits per heavy atom. The topological polar surface area (TPSA) is 50.2 Å². The first-order chi connectivity index (χ1) is 10.2. The molecule has 0 aliphatic carbocycles. The zero-order valence-electron chi connectivity index (χ0n) is 12.2. The number of carbonyl (C=O) groups is 1. The van der Waals surface area contributed by atoms with E-state index in [9.17, 15) is 4.79 Å². The number of halogens is 2. The molecule has 1 saturated heterocycles. The van der Waals surface area contributed by atoms with Gasteiger partial charge in [0, 0.05) is 39.1 Å². The summed E-state index contributed by atoms with van der Waals surface area (Å²) in [6.45, 7) is 2.11. The first kappa shape index (κ1) is 16.8. The Balaban J connectivity index is 0.00000176. The number of rotatable bonds is 2. The number of nitrogens with one attached hydrogen (secondary N) is 1. The fourth-order valence-corrected chi connectivity index (χ4v) is 2.88. The molecule has 2 heterocycles. The second kappa shape index (κ2) is 7.13. The van der Waals surface area contributed by atoms with Crippen LogP contribution in [0.4, 0.5) is 0 Å². The number of piperazine rings is 1. The standard InChI is InChI=1S/C15H17ClN4O.ClH/c1-19-8-7-18-14(19)13-10-17-6-9-20(13)15(21)11-4-2-3-5-12(11)16;/h2-5,7-8,13,17H,6,9-10H2,1H3;1H. The Morgan fingerprint density at radius 2 is 2.18 bits per heavy atom. The van der Waals surface area contributed by atoms with E-state index in [1.807, 2.05) is 34.8 Å². The van der Waals surface area contributed by atoms with Crippen LogP contribution in [0.25, 0.3) is 0 Å². The van der Waals surface area contributed by atoms with Crippen molar-refractivity contribution >= 4 is 29.9 Å². The van der Waals surface area contributed by atoms with Crippen LogP contribution >= 0.6 is 24.0 Å². The number of imidazole rings is 1. The minimum absolute atomic E-state index is 0. The highest BCUT2D eigenvalue weighted by molar-refractivity contribution is 6.33. The summed E-state index contributed by atoms with van der Waals surface area (Å²) < 4.78 is 1.95. The van der Waals surface area contributed by atoms with Gasteiger partial charge in [0.2, 0.25) is 0 Å². The largest absolute Gasteiger partial charge is 0.336 e. The Bertz CT molecular complexity index is 658. The molecular weight excluding hydrogens is 323 g/mol. The molecule has 1 amide bonds. The minimum atomic E-state index is -0.0810. The SMILES string of the molecule is Cl.Cn1ccnc1C1CNCCN1C(=O)c1ccccc1Cl. The highest BCUT2D eigenvalue weighted by Crippen LogP contribution is 2.25. The van der Waals surface area contributed by atoms with Gasteiger partial charge in [0.05, 0.1) is 10.6 Å².